The molecule has 0 bridgehead atoms. The number of benzene rings is 2. The number of aliphatic hydroxyl groups excluding tert-OH is 2. The van der Waals surface area contributed by atoms with E-state index in [1.807, 2.05) is 52.1 Å². The van der Waals surface area contributed by atoms with Crippen molar-refractivity contribution in [1.29, 1.82) is 0 Å². The van der Waals surface area contributed by atoms with Gasteiger partial charge < -0.3 is 20.2 Å². The number of carbonyl (C=O) groups is 2. The lowest BCUT2D eigenvalue weighted by atomic mass is 9.78. The topological polar surface area (TPSA) is 144 Å². The van der Waals surface area contributed by atoms with Crippen LogP contribution in [0.5, 0.6) is 0 Å². The summed E-state index contributed by atoms with van der Waals surface area (Å²) in [5.41, 5.74) is 2.05. The van der Waals surface area contributed by atoms with Crippen LogP contribution >= 0.6 is 0 Å². The van der Waals surface area contributed by atoms with E-state index in [2.05, 4.69) is 0 Å². The molecule has 4 atom stereocenters. The summed E-state index contributed by atoms with van der Waals surface area (Å²) in [5.74, 6) is -2.86. The van der Waals surface area contributed by atoms with Crippen molar-refractivity contribution in [2.24, 2.45) is 11.8 Å². The van der Waals surface area contributed by atoms with Crippen molar-refractivity contribution >= 4 is 32.7 Å². The third kappa shape index (κ3) is 4.28. The Labute approximate surface area is 237 Å². The Kier molecular flexibility index (Phi) is 6.76. The number of fused-ring (bicyclic) bond motifs is 1. The van der Waals surface area contributed by atoms with E-state index in [0.29, 0.717) is 30.5 Å². The number of carboxylic acid groups (broad SMARTS) is 1. The fourth-order valence-corrected chi connectivity index (χ4v) is 8.37. The first kappa shape index (κ1) is 27.6. The molecule has 41 heavy (non-hydrogen) atoms. The zero-order valence-electron chi connectivity index (χ0n) is 22.8. The highest BCUT2D eigenvalue weighted by Crippen LogP contribution is 2.48. The van der Waals surface area contributed by atoms with Crippen LogP contribution in [0, 0.1) is 11.8 Å². The van der Waals surface area contributed by atoms with Gasteiger partial charge in [-0.15, -0.1) is 0 Å². The molecular formula is C29H33N4O7S+. The van der Waals surface area contributed by atoms with Crippen LogP contribution in [0.4, 0.5) is 0 Å². The molecule has 3 N–H and O–H groups in total. The van der Waals surface area contributed by atoms with Gasteiger partial charge in [-0.1, -0.05) is 31.2 Å². The highest BCUT2D eigenvalue weighted by atomic mass is 32.2. The summed E-state index contributed by atoms with van der Waals surface area (Å²) in [6.07, 6.45) is 5.51. The molecule has 1 saturated heterocycles. The number of imidazole rings is 1. The lowest BCUT2D eigenvalue weighted by molar-refractivity contribution is -0.697. The van der Waals surface area contributed by atoms with E-state index in [1.54, 1.807) is 13.0 Å². The summed E-state index contributed by atoms with van der Waals surface area (Å²) in [4.78, 5) is 26.4. The van der Waals surface area contributed by atoms with E-state index < -0.39 is 45.9 Å². The molecule has 3 aliphatic heterocycles. The van der Waals surface area contributed by atoms with Crippen LogP contribution in [0.25, 0.3) is 10.8 Å². The summed E-state index contributed by atoms with van der Waals surface area (Å²) in [6.45, 7) is 4.48. The number of β-lactam (4-membered cyclic amide) rings is 1. The zero-order valence-corrected chi connectivity index (χ0v) is 23.7. The second-order valence-corrected chi connectivity index (χ2v) is 13.0. The fourth-order valence-electron chi connectivity index (χ4n) is 6.74. The highest BCUT2D eigenvalue weighted by molar-refractivity contribution is 7.89. The number of carboxylic acids is 1. The number of aryl methyl sites for hydroxylation is 2. The molecule has 0 spiro atoms. The normalized spacial score (nSPS) is 24.0. The molecule has 0 aliphatic carbocycles. The Morgan fingerprint density at radius 1 is 1.22 bits per heavy atom. The minimum atomic E-state index is -3.97. The van der Waals surface area contributed by atoms with Gasteiger partial charge in [0.25, 0.3) is 0 Å². The average molecular weight is 582 g/mol. The molecular weight excluding hydrogens is 548 g/mol. The maximum Gasteiger partial charge on any atom is 0.352 e. The molecule has 3 aliphatic rings. The molecule has 3 aromatic rings. The third-order valence-corrected chi connectivity index (χ3v) is 10.6. The predicted molar refractivity (Wildman–Crippen MR) is 147 cm³/mol. The number of rotatable bonds is 9. The maximum absolute atomic E-state index is 13.9. The fraction of sp³-hybridized carbons (Fsp3) is 0.414. The molecule has 0 radical (unpaired) electrons. The van der Waals surface area contributed by atoms with Gasteiger partial charge in [0.2, 0.25) is 22.3 Å². The van der Waals surface area contributed by atoms with Crippen molar-refractivity contribution in [2.45, 2.75) is 56.9 Å². The number of nitrogens with zero attached hydrogens (tertiary/aromatic N) is 4. The van der Waals surface area contributed by atoms with Crippen molar-refractivity contribution in [3.8, 4) is 0 Å². The summed E-state index contributed by atoms with van der Waals surface area (Å²) in [7, 11) is -3.97. The molecule has 11 nitrogen and oxygen atoms in total. The minimum Gasteiger partial charge on any atom is -0.477 e. The molecule has 216 valence electrons. The minimum absolute atomic E-state index is 0.0577. The number of hydrogen-bond donors (Lipinski definition) is 3. The van der Waals surface area contributed by atoms with Crippen LogP contribution in [-0.2, 0) is 45.7 Å². The molecule has 2 aromatic carbocycles. The van der Waals surface area contributed by atoms with Crippen molar-refractivity contribution in [1.82, 2.24) is 13.8 Å². The first-order valence-corrected chi connectivity index (χ1v) is 15.2. The predicted octanol–water partition coefficient (Wildman–Crippen LogP) is 0.864. The van der Waals surface area contributed by atoms with Crippen LogP contribution in [0.15, 0.2) is 65.2 Å². The van der Waals surface area contributed by atoms with Gasteiger partial charge in [0.05, 0.1) is 36.1 Å². The first-order chi connectivity index (χ1) is 19.5. The van der Waals surface area contributed by atoms with Gasteiger partial charge in [-0.2, -0.15) is 4.31 Å². The summed E-state index contributed by atoms with van der Waals surface area (Å²) in [6, 6.07) is 8.70. The van der Waals surface area contributed by atoms with Gasteiger partial charge in [-0.05, 0) is 35.1 Å². The number of hydrogen-bond acceptors (Lipinski definition) is 6. The van der Waals surface area contributed by atoms with Crippen LogP contribution in [0.3, 0.4) is 0 Å². The molecule has 0 saturated carbocycles. The molecule has 6 rings (SSSR count). The largest absolute Gasteiger partial charge is 0.477 e. The molecule has 1 aromatic heterocycles. The molecule has 1 fully saturated rings. The van der Waals surface area contributed by atoms with Crippen molar-refractivity contribution in [2.75, 3.05) is 13.2 Å². The van der Waals surface area contributed by atoms with E-state index in [0.717, 1.165) is 16.5 Å². The van der Waals surface area contributed by atoms with Crippen molar-refractivity contribution in [3.05, 3.63) is 71.4 Å². The van der Waals surface area contributed by atoms with Crippen LogP contribution in [0.2, 0.25) is 0 Å². The quantitative estimate of drug-likeness (QED) is 0.251. The Hall–Kier alpha value is -3.58. The first-order valence-electron chi connectivity index (χ1n) is 13.7. The second-order valence-electron chi connectivity index (χ2n) is 11.1. The molecule has 12 heteroatoms. The van der Waals surface area contributed by atoms with Gasteiger partial charge in [0.15, 0.2) is 0 Å². The maximum atomic E-state index is 13.9. The van der Waals surface area contributed by atoms with E-state index in [9.17, 15) is 28.2 Å². The summed E-state index contributed by atoms with van der Waals surface area (Å²) in [5, 5.41) is 30.8. The van der Waals surface area contributed by atoms with Crippen LogP contribution in [0.1, 0.15) is 25.0 Å². The van der Waals surface area contributed by atoms with Gasteiger partial charge in [0, 0.05) is 30.8 Å². The lowest BCUT2D eigenvalue weighted by Gasteiger charge is -2.46. The lowest BCUT2D eigenvalue weighted by Crippen LogP contribution is -2.63. The van der Waals surface area contributed by atoms with E-state index in [1.165, 1.54) is 16.1 Å². The Bertz CT molecular complexity index is 1710. The third-order valence-electron chi connectivity index (χ3n) is 8.75. The van der Waals surface area contributed by atoms with Crippen LogP contribution < -0.4 is 4.57 Å². The number of aliphatic hydroxyl groups is 2. The van der Waals surface area contributed by atoms with E-state index >= 15 is 0 Å². The molecule has 0 unspecified atom stereocenters. The number of aromatic nitrogens is 2. The average Bonchev–Trinajstić information content (AvgIpc) is 3.46. The Balaban J connectivity index is 1.31. The van der Waals surface area contributed by atoms with Crippen molar-refractivity contribution < 1.29 is 37.9 Å². The smallest absolute Gasteiger partial charge is 0.352 e. The van der Waals surface area contributed by atoms with Crippen LogP contribution in [-0.4, -0.2) is 74.7 Å². The van der Waals surface area contributed by atoms with E-state index in [-0.39, 0.29) is 30.3 Å². The zero-order chi connectivity index (χ0) is 29.2. The number of amides is 1. The van der Waals surface area contributed by atoms with Gasteiger partial charge in [-0.25, -0.2) is 22.3 Å². The Morgan fingerprint density at radius 3 is 2.71 bits per heavy atom. The SMILES string of the molecule is C[C@@H](O)[C@H]1C(=O)N2C(C(=O)O)=C(CN3Cc4cccc5c(CCn6cc[n+](CCO)c6)ccc(c45)S3(=O)=O)[C@H](C)[C@H]12. The summed E-state index contributed by atoms with van der Waals surface area (Å²) < 4.78 is 33.1. The number of carbonyl (C=O) groups excluding carboxylic acids is 1. The summed E-state index contributed by atoms with van der Waals surface area (Å²) >= 11 is 0. The van der Waals surface area contributed by atoms with Crippen molar-refractivity contribution in [3.63, 3.8) is 0 Å². The standard InChI is InChI=1S/C29H32N4O7S/c1-17-22(27(29(37)38)33-26(17)24(18(2)35)28(33)36)15-32-14-20-4-3-5-21-19(6-7-23(25(20)21)41(32,39)40)8-9-30-10-11-31(16-30)12-13-34/h3-7,10-11,16-18,24,26,34-35H,8-9,12-15H2,1-2H3/p+1/t17-,18+,24+,26+/m0/s1. The number of sulfonamides is 1. The number of aliphatic carboxylic acids is 1. The Morgan fingerprint density at radius 2 is 2.00 bits per heavy atom. The molecule has 4 heterocycles. The second kappa shape index (κ2) is 10.1. The van der Waals surface area contributed by atoms with Gasteiger partial charge in [0.1, 0.15) is 24.6 Å². The van der Waals surface area contributed by atoms with Gasteiger partial charge in [-0.3, -0.25) is 4.79 Å². The van der Waals surface area contributed by atoms with Gasteiger partial charge >= 0.3 is 5.97 Å². The highest BCUT2D eigenvalue weighted by Gasteiger charge is 2.60. The molecule has 1 amide bonds. The van der Waals surface area contributed by atoms with E-state index in [4.69, 9.17) is 5.11 Å². The monoisotopic (exact) mass is 581 g/mol.